The van der Waals surface area contributed by atoms with Crippen LogP contribution in [0.25, 0.3) is 0 Å². The monoisotopic (exact) mass is 326 g/mol. The number of nitrogens with one attached hydrogen (secondary N) is 1. The Morgan fingerprint density at radius 3 is 3.10 bits per heavy atom. The molecule has 3 rings (SSSR count). The number of thioether (sulfide) groups is 1. The lowest BCUT2D eigenvalue weighted by Gasteiger charge is -2.16. The molecule has 2 aliphatic rings. The maximum Gasteiger partial charge on any atom is 0.312 e. The standard InChI is InChI=1S/C15H22N2O2S2/c1-2-20-10-7-6-9(8-10)16-15-17-13-11(14(18)19)4-3-5-12(13)21-15/h9-11H,2-8H2,1H3,(H,16,17)(H,18,19). The van der Waals surface area contributed by atoms with Crippen LogP contribution >= 0.6 is 23.1 Å². The number of hydrogen-bond donors (Lipinski definition) is 2. The van der Waals surface area contributed by atoms with Gasteiger partial charge in [-0.2, -0.15) is 11.8 Å². The fourth-order valence-corrected chi connectivity index (χ4v) is 5.64. The normalized spacial score (nSPS) is 28.3. The van der Waals surface area contributed by atoms with Gasteiger partial charge in [0, 0.05) is 16.2 Å². The maximum atomic E-state index is 11.3. The number of thiazole rings is 1. The van der Waals surface area contributed by atoms with E-state index in [1.54, 1.807) is 11.3 Å². The fraction of sp³-hybridized carbons (Fsp3) is 0.733. The van der Waals surface area contributed by atoms with E-state index < -0.39 is 11.9 Å². The van der Waals surface area contributed by atoms with Crippen LogP contribution < -0.4 is 5.32 Å². The Kier molecular flexibility index (Phi) is 4.74. The summed E-state index contributed by atoms with van der Waals surface area (Å²) < 4.78 is 0. The van der Waals surface area contributed by atoms with Gasteiger partial charge in [-0.05, 0) is 44.3 Å². The minimum absolute atomic E-state index is 0.396. The second-order valence-corrected chi connectivity index (χ2v) is 8.50. The average Bonchev–Trinajstić information content (AvgIpc) is 3.05. The zero-order valence-corrected chi connectivity index (χ0v) is 13.9. The van der Waals surface area contributed by atoms with E-state index in [2.05, 4.69) is 29.0 Å². The van der Waals surface area contributed by atoms with Gasteiger partial charge in [0.2, 0.25) is 0 Å². The first-order chi connectivity index (χ1) is 10.2. The SMILES string of the molecule is CCSC1CCC(Nc2nc3c(s2)CCCC3C(=O)O)C1. The van der Waals surface area contributed by atoms with E-state index in [4.69, 9.17) is 0 Å². The Hall–Kier alpha value is -0.750. The van der Waals surface area contributed by atoms with Crippen LogP contribution in [0.1, 0.15) is 55.5 Å². The zero-order chi connectivity index (χ0) is 14.8. The van der Waals surface area contributed by atoms with Gasteiger partial charge in [0.1, 0.15) is 5.92 Å². The average molecular weight is 326 g/mol. The second-order valence-electron chi connectivity index (χ2n) is 5.84. The number of rotatable bonds is 5. The van der Waals surface area contributed by atoms with E-state index in [1.165, 1.54) is 29.9 Å². The van der Waals surface area contributed by atoms with E-state index in [0.29, 0.717) is 6.04 Å². The molecule has 4 nitrogen and oxygen atoms in total. The molecule has 1 fully saturated rings. The molecule has 1 aromatic rings. The molecule has 1 saturated carbocycles. The van der Waals surface area contributed by atoms with Crippen molar-refractivity contribution in [1.82, 2.24) is 4.98 Å². The summed E-state index contributed by atoms with van der Waals surface area (Å²) in [5.41, 5.74) is 0.818. The number of fused-ring (bicyclic) bond motifs is 1. The quantitative estimate of drug-likeness (QED) is 0.863. The second kappa shape index (κ2) is 6.57. The summed E-state index contributed by atoms with van der Waals surface area (Å²) in [6.45, 7) is 2.21. The van der Waals surface area contributed by atoms with Crippen molar-refractivity contribution in [2.75, 3.05) is 11.1 Å². The number of aromatic nitrogens is 1. The summed E-state index contributed by atoms with van der Waals surface area (Å²) in [7, 11) is 0. The van der Waals surface area contributed by atoms with E-state index in [-0.39, 0.29) is 0 Å². The summed E-state index contributed by atoms with van der Waals surface area (Å²) in [5, 5.41) is 14.6. The molecule has 2 N–H and O–H groups in total. The molecule has 0 amide bonds. The molecule has 0 bridgehead atoms. The summed E-state index contributed by atoms with van der Waals surface area (Å²) in [5.74, 6) is 0.0593. The smallest absolute Gasteiger partial charge is 0.312 e. The minimum Gasteiger partial charge on any atom is -0.481 e. The highest BCUT2D eigenvalue weighted by Crippen LogP contribution is 2.38. The first-order valence-electron chi connectivity index (χ1n) is 7.78. The van der Waals surface area contributed by atoms with Crippen LogP contribution in [0, 0.1) is 0 Å². The van der Waals surface area contributed by atoms with E-state index in [9.17, 15) is 9.90 Å². The first-order valence-corrected chi connectivity index (χ1v) is 9.64. The summed E-state index contributed by atoms with van der Waals surface area (Å²) >= 11 is 3.72. The highest BCUT2D eigenvalue weighted by molar-refractivity contribution is 7.99. The molecule has 3 unspecified atom stereocenters. The largest absolute Gasteiger partial charge is 0.481 e. The number of aliphatic carboxylic acids is 1. The van der Waals surface area contributed by atoms with Crippen molar-refractivity contribution in [2.24, 2.45) is 0 Å². The van der Waals surface area contributed by atoms with E-state index in [0.717, 1.165) is 35.3 Å². The van der Waals surface area contributed by atoms with Crippen molar-refractivity contribution in [3.63, 3.8) is 0 Å². The van der Waals surface area contributed by atoms with Crippen molar-refractivity contribution in [3.8, 4) is 0 Å². The van der Waals surface area contributed by atoms with Crippen molar-refractivity contribution >= 4 is 34.2 Å². The molecule has 116 valence electrons. The molecule has 2 aliphatic carbocycles. The molecular formula is C15H22N2O2S2. The number of carboxylic acids is 1. The lowest BCUT2D eigenvalue weighted by Crippen LogP contribution is -2.18. The van der Waals surface area contributed by atoms with Gasteiger partial charge in [0.15, 0.2) is 5.13 Å². The van der Waals surface area contributed by atoms with Crippen LogP contribution in [0.4, 0.5) is 5.13 Å². The Morgan fingerprint density at radius 2 is 2.33 bits per heavy atom. The van der Waals surface area contributed by atoms with Gasteiger partial charge in [0.05, 0.1) is 5.69 Å². The summed E-state index contributed by atoms with van der Waals surface area (Å²) in [6, 6.07) is 0.505. The van der Waals surface area contributed by atoms with Crippen LogP contribution in [0.2, 0.25) is 0 Å². The van der Waals surface area contributed by atoms with Gasteiger partial charge in [-0.25, -0.2) is 4.98 Å². The molecule has 6 heteroatoms. The van der Waals surface area contributed by atoms with Crippen LogP contribution in [0.5, 0.6) is 0 Å². The van der Waals surface area contributed by atoms with Crippen molar-refractivity contribution in [3.05, 3.63) is 10.6 Å². The van der Waals surface area contributed by atoms with Crippen molar-refractivity contribution < 1.29 is 9.90 Å². The third kappa shape index (κ3) is 3.37. The van der Waals surface area contributed by atoms with Gasteiger partial charge in [-0.3, -0.25) is 4.79 Å². The molecule has 21 heavy (non-hydrogen) atoms. The number of carboxylic acid groups (broad SMARTS) is 1. The Morgan fingerprint density at radius 1 is 1.48 bits per heavy atom. The molecule has 0 aliphatic heterocycles. The summed E-state index contributed by atoms with van der Waals surface area (Å²) in [4.78, 5) is 17.1. The predicted octanol–water partition coefficient (Wildman–Crippen LogP) is 3.73. The number of aryl methyl sites for hydroxylation is 1. The van der Waals surface area contributed by atoms with Crippen LogP contribution in [-0.2, 0) is 11.2 Å². The maximum absolute atomic E-state index is 11.3. The Bertz CT molecular complexity index is 518. The van der Waals surface area contributed by atoms with Crippen LogP contribution in [-0.4, -0.2) is 33.1 Å². The first kappa shape index (κ1) is 15.2. The van der Waals surface area contributed by atoms with Crippen LogP contribution in [0.3, 0.4) is 0 Å². The van der Waals surface area contributed by atoms with Crippen molar-refractivity contribution in [1.29, 1.82) is 0 Å². The Balaban J connectivity index is 1.66. The van der Waals surface area contributed by atoms with Gasteiger partial charge >= 0.3 is 5.97 Å². The lowest BCUT2D eigenvalue weighted by molar-refractivity contribution is -0.139. The van der Waals surface area contributed by atoms with Gasteiger partial charge < -0.3 is 10.4 Å². The number of carbonyl (C=O) groups is 1. The minimum atomic E-state index is -0.729. The molecule has 0 saturated heterocycles. The van der Waals surface area contributed by atoms with E-state index in [1.807, 2.05) is 0 Å². The fourth-order valence-electron chi connectivity index (χ4n) is 3.35. The third-order valence-corrected chi connectivity index (χ3v) is 6.66. The molecule has 3 atom stereocenters. The number of nitrogens with zero attached hydrogens (tertiary/aromatic N) is 1. The van der Waals surface area contributed by atoms with Gasteiger partial charge in [0.25, 0.3) is 0 Å². The van der Waals surface area contributed by atoms with Gasteiger partial charge in [-0.1, -0.05) is 6.92 Å². The zero-order valence-electron chi connectivity index (χ0n) is 12.3. The molecular weight excluding hydrogens is 304 g/mol. The highest BCUT2D eigenvalue weighted by atomic mass is 32.2. The third-order valence-electron chi connectivity index (χ3n) is 4.37. The predicted molar refractivity (Wildman–Crippen MR) is 88.6 cm³/mol. The highest BCUT2D eigenvalue weighted by Gasteiger charge is 2.31. The number of hydrogen-bond acceptors (Lipinski definition) is 5. The van der Waals surface area contributed by atoms with Crippen molar-refractivity contribution in [2.45, 2.75) is 62.7 Å². The lowest BCUT2D eigenvalue weighted by atomic mass is 9.91. The molecule has 1 heterocycles. The number of anilines is 1. The molecule has 0 aromatic carbocycles. The van der Waals surface area contributed by atoms with Gasteiger partial charge in [-0.15, -0.1) is 11.3 Å². The molecule has 1 aromatic heterocycles. The molecule has 0 spiro atoms. The Labute approximate surface area is 133 Å². The molecule has 0 radical (unpaired) electrons. The van der Waals surface area contributed by atoms with E-state index >= 15 is 0 Å². The summed E-state index contributed by atoms with van der Waals surface area (Å²) in [6.07, 6.45) is 6.35. The van der Waals surface area contributed by atoms with Crippen LogP contribution in [0.15, 0.2) is 0 Å². The topological polar surface area (TPSA) is 62.2 Å².